The second-order valence-corrected chi connectivity index (χ2v) is 3.66. The Kier molecular flexibility index (Phi) is 3.83. The Morgan fingerprint density at radius 1 is 1.50 bits per heavy atom. The monoisotopic (exact) mass is 210 g/mol. The molecule has 0 aliphatic carbocycles. The molecule has 0 atom stereocenters. The molecule has 0 saturated carbocycles. The number of nitrogens with two attached hydrogens (primary N) is 1. The molecule has 0 amide bonds. The summed E-state index contributed by atoms with van der Waals surface area (Å²) >= 11 is 1.42. The molecule has 4 heteroatoms. The number of thioether (sulfide) groups is 1. The van der Waals surface area contributed by atoms with Crippen molar-refractivity contribution in [3.63, 3.8) is 0 Å². The van der Waals surface area contributed by atoms with Gasteiger partial charge in [-0.05, 0) is 30.9 Å². The van der Waals surface area contributed by atoms with Gasteiger partial charge in [0, 0.05) is 0 Å². The Morgan fingerprint density at radius 3 is 2.79 bits per heavy atom. The van der Waals surface area contributed by atoms with Gasteiger partial charge in [0.2, 0.25) is 0 Å². The Morgan fingerprint density at radius 2 is 2.21 bits per heavy atom. The average molecular weight is 210 g/mol. The van der Waals surface area contributed by atoms with Crippen LogP contribution in [0.4, 0.5) is 5.69 Å². The molecule has 0 aliphatic rings. The normalized spacial score (nSPS) is 11.5. The van der Waals surface area contributed by atoms with Crippen molar-refractivity contribution in [1.29, 1.82) is 0 Å². The zero-order valence-corrected chi connectivity index (χ0v) is 9.39. The van der Waals surface area contributed by atoms with Crippen LogP contribution in [0.2, 0.25) is 0 Å². The van der Waals surface area contributed by atoms with E-state index in [0.717, 1.165) is 17.0 Å². The molecule has 0 spiro atoms. The number of ether oxygens (including phenoxy) is 1. The third kappa shape index (κ3) is 2.67. The highest BCUT2D eigenvalue weighted by atomic mass is 32.2. The quantitative estimate of drug-likeness (QED) is 0.602. The smallest absolute Gasteiger partial charge is 0.159 e. The summed E-state index contributed by atoms with van der Waals surface area (Å²) in [5.74, 6) is 0.743. The van der Waals surface area contributed by atoms with Gasteiger partial charge in [0.15, 0.2) is 5.17 Å². The molecular formula is C10H14N2OS. The lowest BCUT2D eigenvalue weighted by atomic mass is 10.2. The van der Waals surface area contributed by atoms with Crippen LogP contribution in [0.25, 0.3) is 0 Å². The number of benzene rings is 1. The van der Waals surface area contributed by atoms with Gasteiger partial charge in [-0.1, -0.05) is 17.8 Å². The Hall–Kier alpha value is -1.16. The maximum Gasteiger partial charge on any atom is 0.159 e. The van der Waals surface area contributed by atoms with Crippen LogP contribution in [-0.2, 0) is 0 Å². The zero-order chi connectivity index (χ0) is 10.6. The first kappa shape index (κ1) is 10.9. The molecule has 0 unspecified atom stereocenters. The number of aliphatic imine (C=N–C) groups is 1. The highest BCUT2D eigenvalue weighted by Gasteiger charge is 2.01. The van der Waals surface area contributed by atoms with Crippen LogP contribution < -0.4 is 10.5 Å². The maximum atomic E-state index is 5.64. The van der Waals surface area contributed by atoms with E-state index < -0.39 is 0 Å². The minimum atomic E-state index is 0.536. The molecule has 0 saturated heterocycles. The minimum absolute atomic E-state index is 0.536. The number of amidine groups is 1. The molecule has 14 heavy (non-hydrogen) atoms. The lowest BCUT2D eigenvalue weighted by molar-refractivity contribution is 0.416. The van der Waals surface area contributed by atoms with Crippen molar-refractivity contribution in [2.24, 2.45) is 10.7 Å². The van der Waals surface area contributed by atoms with Gasteiger partial charge < -0.3 is 10.5 Å². The predicted octanol–water partition coefficient (Wildman–Crippen LogP) is 2.31. The van der Waals surface area contributed by atoms with E-state index in [1.54, 1.807) is 7.11 Å². The van der Waals surface area contributed by atoms with Crippen molar-refractivity contribution >= 4 is 22.6 Å². The molecule has 1 aromatic carbocycles. The van der Waals surface area contributed by atoms with Gasteiger partial charge in [-0.2, -0.15) is 0 Å². The summed E-state index contributed by atoms with van der Waals surface area (Å²) in [6, 6.07) is 5.82. The fraction of sp³-hybridized carbons (Fsp3) is 0.300. The number of methoxy groups -OCH3 is 1. The molecular weight excluding hydrogens is 196 g/mol. The van der Waals surface area contributed by atoms with Crippen molar-refractivity contribution in [1.82, 2.24) is 0 Å². The maximum absolute atomic E-state index is 5.64. The van der Waals surface area contributed by atoms with Crippen molar-refractivity contribution in [2.45, 2.75) is 6.92 Å². The summed E-state index contributed by atoms with van der Waals surface area (Å²) in [5, 5.41) is 0.536. The van der Waals surface area contributed by atoms with Crippen LogP contribution >= 0.6 is 11.8 Å². The summed E-state index contributed by atoms with van der Waals surface area (Å²) in [6.45, 7) is 2.01. The number of hydrogen-bond acceptors (Lipinski definition) is 3. The lowest BCUT2D eigenvalue weighted by Gasteiger charge is -2.05. The van der Waals surface area contributed by atoms with Gasteiger partial charge in [0.25, 0.3) is 0 Å². The topological polar surface area (TPSA) is 47.6 Å². The fourth-order valence-electron chi connectivity index (χ4n) is 1.05. The van der Waals surface area contributed by atoms with Crippen molar-refractivity contribution in [3.8, 4) is 5.75 Å². The summed E-state index contributed by atoms with van der Waals surface area (Å²) in [6.07, 6.45) is 1.89. The summed E-state index contributed by atoms with van der Waals surface area (Å²) in [5.41, 5.74) is 7.55. The van der Waals surface area contributed by atoms with Crippen molar-refractivity contribution in [2.75, 3.05) is 13.4 Å². The molecule has 1 aromatic rings. The molecule has 0 aliphatic heterocycles. The van der Waals surface area contributed by atoms with E-state index in [1.807, 2.05) is 31.4 Å². The predicted molar refractivity (Wildman–Crippen MR) is 62.5 cm³/mol. The minimum Gasteiger partial charge on any atom is -0.494 e. The zero-order valence-electron chi connectivity index (χ0n) is 8.57. The van der Waals surface area contributed by atoms with E-state index in [4.69, 9.17) is 10.5 Å². The first-order valence-corrected chi connectivity index (χ1v) is 5.42. The molecule has 0 fully saturated rings. The number of hydrogen-bond donors (Lipinski definition) is 1. The number of aryl methyl sites for hydroxylation is 1. The molecule has 2 N–H and O–H groups in total. The SMILES string of the molecule is COc1ccc(C)cc1N=C(N)SC. The third-order valence-corrected chi connectivity index (χ3v) is 2.28. The second kappa shape index (κ2) is 4.91. The standard InChI is InChI=1S/C10H14N2OS/c1-7-4-5-9(13-2)8(6-7)12-10(11)14-3/h4-6H,1-3H3,(H2,11,12). The van der Waals surface area contributed by atoms with E-state index in [9.17, 15) is 0 Å². The number of rotatable bonds is 2. The van der Waals surface area contributed by atoms with Gasteiger partial charge in [-0.25, -0.2) is 4.99 Å². The number of nitrogens with zero attached hydrogens (tertiary/aromatic N) is 1. The molecule has 0 heterocycles. The Bertz CT molecular complexity index is 350. The van der Waals surface area contributed by atoms with Crippen LogP contribution in [0, 0.1) is 6.92 Å². The summed E-state index contributed by atoms with van der Waals surface area (Å²) in [7, 11) is 1.62. The van der Waals surface area contributed by atoms with Crippen molar-refractivity contribution in [3.05, 3.63) is 23.8 Å². The van der Waals surface area contributed by atoms with Gasteiger partial charge in [0.05, 0.1) is 7.11 Å². The molecule has 76 valence electrons. The van der Waals surface area contributed by atoms with Gasteiger partial charge in [-0.15, -0.1) is 0 Å². The average Bonchev–Trinajstić information content (AvgIpc) is 2.18. The van der Waals surface area contributed by atoms with Crippen LogP contribution in [0.15, 0.2) is 23.2 Å². The summed E-state index contributed by atoms with van der Waals surface area (Å²) < 4.78 is 5.17. The van der Waals surface area contributed by atoms with Crippen LogP contribution in [0.3, 0.4) is 0 Å². The van der Waals surface area contributed by atoms with Crippen LogP contribution in [0.1, 0.15) is 5.56 Å². The molecule has 1 rings (SSSR count). The molecule has 0 radical (unpaired) electrons. The third-order valence-electron chi connectivity index (χ3n) is 1.77. The van der Waals surface area contributed by atoms with E-state index in [0.29, 0.717) is 5.17 Å². The highest BCUT2D eigenvalue weighted by molar-refractivity contribution is 8.13. The lowest BCUT2D eigenvalue weighted by Crippen LogP contribution is -2.04. The van der Waals surface area contributed by atoms with Crippen molar-refractivity contribution < 1.29 is 4.74 Å². The van der Waals surface area contributed by atoms with E-state index in [1.165, 1.54) is 11.8 Å². The second-order valence-electron chi connectivity index (χ2n) is 2.83. The molecule has 0 bridgehead atoms. The van der Waals surface area contributed by atoms with E-state index in [2.05, 4.69) is 4.99 Å². The molecule has 3 nitrogen and oxygen atoms in total. The largest absolute Gasteiger partial charge is 0.494 e. The summed E-state index contributed by atoms with van der Waals surface area (Å²) in [4.78, 5) is 4.24. The Labute approximate surface area is 88.4 Å². The van der Waals surface area contributed by atoms with E-state index >= 15 is 0 Å². The molecule has 0 aromatic heterocycles. The Balaban J connectivity index is 3.11. The van der Waals surface area contributed by atoms with Crippen LogP contribution in [0.5, 0.6) is 5.75 Å². The first-order chi connectivity index (χ1) is 6.67. The fourth-order valence-corrected chi connectivity index (χ4v) is 1.24. The first-order valence-electron chi connectivity index (χ1n) is 4.20. The van der Waals surface area contributed by atoms with Gasteiger partial charge in [0.1, 0.15) is 11.4 Å². The van der Waals surface area contributed by atoms with Gasteiger partial charge >= 0.3 is 0 Å². The highest BCUT2D eigenvalue weighted by Crippen LogP contribution is 2.28. The van der Waals surface area contributed by atoms with Gasteiger partial charge in [-0.3, -0.25) is 0 Å². The van der Waals surface area contributed by atoms with E-state index in [-0.39, 0.29) is 0 Å². The van der Waals surface area contributed by atoms with Crippen LogP contribution in [-0.4, -0.2) is 18.5 Å².